The van der Waals surface area contributed by atoms with Gasteiger partial charge in [-0.25, -0.2) is 9.97 Å². The third-order valence-electron chi connectivity index (χ3n) is 6.47. The largest absolute Gasteiger partial charge is 0.417 e. The molecular formula is C25H21ClF3N3O. The molecule has 5 rings (SSSR count). The maximum atomic E-state index is 13.6. The first-order valence-electron chi connectivity index (χ1n) is 10.9. The van der Waals surface area contributed by atoms with Gasteiger partial charge in [0.25, 0.3) is 5.91 Å². The summed E-state index contributed by atoms with van der Waals surface area (Å²) in [5.74, 6) is 0.116. The van der Waals surface area contributed by atoms with Gasteiger partial charge in [-0.3, -0.25) is 4.79 Å². The minimum absolute atomic E-state index is 0.124. The van der Waals surface area contributed by atoms with E-state index in [0.717, 1.165) is 41.4 Å². The molecule has 1 saturated heterocycles. The Balaban J connectivity index is 1.60. The Morgan fingerprint density at radius 1 is 1.06 bits per heavy atom. The van der Waals surface area contributed by atoms with Crippen LogP contribution in [-0.4, -0.2) is 26.8 Å². The van der Waals surface area contributed by atoms with Crippen molar-refractivity contribution in [3.63, 3.8) is 0 Å². The second-order valence-corrected chi connectivity index (χ2v) is 8.91. The molecule has 8 heteroatoms. The highest BCUT2D eigenvalue weighted by molar-refractivity contribution is 6.34. The maximum Gasteiger partial charge on any atom is 0.417 e. The van der Waals surface area contributed by atoms with Crippen LogP contribution in [0.15, 0.2) is 48.5 Å². The van der Waals surface area contributed by atoms with Crippen molar-refractivity contribution in [2.45, 2.75) is 50.9 Å². The van der Waals surface area contributed by atoms with E-state index in [1.54, 1.807) is 4.90 Å². The number of carbonyl (C=O) groups is 1. The predicted molar refractivity (Wildman–Crippen MR) is 119 cm³/mol. The predicted octanol–water partition coefficient (Wildman–Crippen LogP) is 6.42. The molecule has 0 saturated carbocycles. The first-order chi connectivity index (χ1) is 15.8. The van der Waals surface area contributed by atoms with Gasteiger partial charge in [-0.15, -0.1) is 0 Å². The molecule has 2 aliphatic heterocycles. The van der Waals surface area contributed by atoms with Crippen LogP contribution < -0.4 is 0 Å². The minimum atomic E-state index is -4.63. The lowest BCUT2D eigenvalue weighted by Gasteiger charge is -2.46. The van der Waals surface area contributed by atoms with Gasteiger partial charge >= 0.3 is 6.18 Å². The van der Waals surface area contributed by atoms with Crippen molar-refractivity contribution in [1.29, 1.82) is 0 Å². The van der Waals surface area contributed by atoms with E-state index in [1.165, 1.54) is 12.1 Å². The second-order valence-electron chi connectivity index (χ2n) is 8.53. The van der Waals surface area contributed by atoms with E-state index in [1.807, 2.05) is 37.3 Å². The summed E-state index contributed by atoms with van der Waals surface area (Å²) in [7, 11) is 0. The van der Waals surface area contributed by atoms with E-state index < -0.39 is 22.7 Å². The number of carbonyl (C=O) groups excluding carboxylic acids is 1. The molecular weight excluding hydrogens is 451 g/mol. The molecule has 0 spiro atoms. The maximum absolute atomic E-state index is 13.6. The van der Waals surface area contributed by atoms with Crippen LogP contribution in [0.5, 0.6) is 0 Å². The second kappa shape index (κ2) is 8.13. The Morgan fingerprint density at radius 2 is 1.82 bits per heavy atom. The number of rotatable bonds is 2. The third-order valence-corrected chi connectivity index (χ3v) is 6.87. The Labute approximate surface area is 194 Å². The van der Waals surface area contributed by atoms with Crippen molar-refractivity contribution in [2.24, 2.45) is 0 Å². The van der Waals surface area contributed by atoms with Crippen LogP contribution in [0.1, 0.15) is 58.3 Å². The number of benzene rings is 2. The fourth-order valence-electron chi connectivity index (χ4n) is 5.08. The molecule has 1 aromatic heterocycles. The van der Waals surface area contributed by atoms with Gasteiger partial charge < -0.3 is 4.90 Å². The van der Waals surface area contributed by atoms with Crippen LogP contribution in [0, 0.1) is 6.92 Å². The van der Waals surface area contributed by atoms with Gasteiger partial charge in [0.2, 0.25) is 0 Å². The molecule has 0 N–H and O–H groups in total. The molecule has 3 heterocycles. The molecule has 1 amide bonds. The average molecular weight is 472 g/mol. The van der Waals surface area contributed by atoms with Gasteiger partial charge in [0.05, 0.1) is 33.6 Å². The lowest BCUT2D eigenvalue weighted by atomic mass is 9.80. The third kappa shape index (κ3) is 3.78. The molecule has 0 radical (unpaired) electrons. The lowest BCUT2D eigenvalue weighted by Crippen LogP contribution is -2.50. The Hall–Kier alpha value is -2.93. The summed E-state index contributed by atoms with van der Waals surface area (Å²) in [4.78, 5) is 24.7. The first-order valence-corrected chi connectivity index (χ1v) is 11.2. The average Bonchev–Trinajstić information content (AvgIpc) is 2.78. The van der Waals surface area contributed by atoms with E-state index in [9.17, 15) is 18.0 Å². The number of fused-ring (bicyclic) bond motifs is 4. The number of alkyl halides is 3. The van der Waals surface area contributed by atoms with Crippen molar-refractivity contribution < 1.29 is 18.0 Å². The molecule has 2 aromatic carbocycles. The van der Waals surface area contributed by atoms with Crippen molar-refractivity contribution in [1.82, 2.24) is 14.9 Å². The van der Waals surface area contributed by atoms with Gasteiger partial charge in [-0.1, -0.05) is 48.0 Å². The first kappa shape index (κ1) is 21.9. The highest BCUT2D eigenvalue weighted by Crippen LogP contribution is 2.45. The molecule has 2 atom stereocenters. The number of piperidine rings is 1. The fourth-order valence-corrected chi connectivity index (χ4v) is 5.39. The van der Waals surface area contributed by atoms with Crippen LogP contribution in [-0.2, 0) is 12.6 Å². The van der Waals surface area contributed by atoms with E-state index in [-0.39, 0.29) is 17.6 Å². The van der Waals surface area contributed by atoms with Gasteiger partial charge in [-0.05, 0) is 44.7 Å². The summed E-state index contributed by atoms with van der Waals surface area (Å²) in [5, 5.41) is -0.553. The molecule has 33 heavy (non-hydrogen) atoms. The molecule has 2 bridgehead atoms. The highest BCUT2D eigenvalue weighted by atomic mass is 35.5. The van der Waals surface area contributed by atoms with Gasteiger partial charge in [0.1, 0.15) is 5.82 Å². The topological polar surface area (TPSA) is 46.1 Å². The quantitative estimate of drug-likeness (QED) is 0.433. The van der Waals surface area contributed by atoms with Crippen LogP contribution in [0.25, 0.3) is 11.3 Å². The van der Waals surface area contributed by atoms with Gasteiger partial charge in [0.15, 0.2) is 0 Å². The molecule has 4 nitrogen and oxygen atoms in total. The molecule has 3 aromatic rings. The van der Waals surface area contributed by atoms with Crippen molar-refractivity contribution in [2.75, 3.05) is 0 Å². The number of amides is 1. The number of hydrogen-bond acceptors (Lipinski definition) is 3. The minimum Gasteiger partial charge on any atom is -0.327 e. The summed E-state index contributed by atoms with van der Waals surface area (Å²) in [6.07, 6.45) is -1.71. The van der Waals surface area contributed by atoms with Gasteiger partial charge in [-0.2, -0.15) is 13.2 Å². The van der Waals surface area contributed by atoms with Crippen molar-refractivity contribution in [3.8, 4) is 11.3 Å². The molecule has 2 unspecified atom stereocenters. The smallest absolute Gasteiger partial charge is 0.327 e. The zero-order valence-corrected chi connectivity index (χ0v) is 18.6. The summed E-state index contributed by atoms with van der Waals surface area (Å²) < 4.78 is 40.2. The Kier molecular flexibility index (Phi) is 5.40. The number of nitrogens with zero attached hydrogens (tertiary/aromatic N) is 3. The van der Waals surface area contributed by atoms with Crippen molar-refractivity contribution >= 4 is 17.5 Å². The van der Waals surface area contributed by atoms with Crippen molar-refractivity contribution in [3.05, 3.63) is 81.8 Å². The fraction of sp³-hybridized carbons (Fsp3) is 0.320. The zero-order valence-electron chi connectivity index (χ0n) is 17.9. The monoisotopic (exact) mass is 471 g/mol. The van der Waals surface area contributed by atoms with E-state index >= 15 is 0 Å². The Bertz CT molecular complexity index is 1230. The van der Waals surface area contributed by atoms with E-state index in [0.29, 0.717) is 18.7 Å². The molecule has 2 aliphatic rings. The normalized spacial score (nSPS) is 19.8. The summed E-state index contributed by atoms with van der Waals surface area (Å²) in [6, 6.07) is 12.9. The zero-order chi connectivity index (χ0) is 23.3. The van der Waals surface area contributed by atoms with Crippen LogP contribution in [0.4, 0.5) is 13.2 Å². The van der Waals surface area contributed by atoms with Gasteiger partial charge in [0, 0.05) is 17.2 Å². The van der Waals surface area contributed by atoms with E-state index in [2.05, 4.69) is 0 Å². The van der Waals surface area contributed by atoms with Crippen LogP contribution >= 0.6 is 11.6 Å². The number of aromatic nitrogens is 2. The molecule has 1 fully saturated rings. The highest BCUT2D eigenvalue weighted by Gasteiger charge is 2.44. The number of hydrogen-bond donors (Lipinski definition) is 0. The lowest BCUT2D eigenvalue weighted by molar-refractivity contribution is -0.137. The van der Waals surface area contributed by atoms with Crippen LogP contribution in [0.2, 0.25) is 5.02 Å². The molecule has 0 aliphatic carbocycles. The number of halogens is 4. The molecule has 170 valence electrons. The Morgan fingerprint density at radius 3 is 2.55 bits per heavy atom. The summed E-state index contributed by atoms with van der Waals surface area (Å²) in [5.41, 5.74) is 2.52. The summed E-state index contributed by atoms with van der Waals surface area (Å²) >= 11 is 6.10. The van der Waals surface area contributed by atoms with E-state index in [4.69, 9.17) is 21.6 Å². The standard InChI is InChI=1S/C25H21ClF3N3O/c1-14-30-22(15-7-3-2-4-8-15)18-13-16-9-5-12-20(23(18)31-14)32(16)24(33)17-10-6-11-19(21(17)26)25(27,28)29/h2-4,6-8,10-11,16,20H,5,9,12-13H2,1H3. The summed E-state index contributed by atoms with van der Waals surface area (Å²) in [6.45, 7) is 1.82. The SMILES string of the molecule is Cc1nc(-c2ccccc2)c2c(n1)C1CCCC(C2)N1C(=O)c1cccc(C(F)(F)F)c1Cl. The van der Waals surface area contributed by atoms with Crippen LogP contribution in [0.3, 0.4) is 0 Å². The number of aryl methyl sites for hydroxylation is 1.